The van der Waals surface area contributed by atoms with Gasteiger partial charge in [-0.1, -0.05) is 6.58 Å². The van der Waals surface area contributed by atoms with E-state index in [-0.39, 0.29) is 5.78 Å². The van der Waals surface area contributed by atoms with E-state index in [2.05, 4.69) is 11.6 Å². The molecule has 0 aliphatic carbocycles. The highest BCUT2D eigenvalue weighted by atomic mass is 32.1. The maximum Gasteiger partial charge on any atom is 0.202 e. The summed E-state index contributed by atoms with van der Waals surface area (Å²) in [6.07, 6.45) is 3.31. The van der Waals surface area contributed by atoms with Crippen molar-refractivity contribution in [2.24, 2.45) is 0 Å². The molecule has 0 atom stereocenters. The Bertz CT molecular complexity index is 821. The molecule has 0 fully saturated rings. The molecule has 21 heavy (non-hydrogen) atoms. The van der Waals surface area contributed by atoms with Crippen LogP contribution < -0.4 is 4.74 Å². The average molecular weight is 295 g/mol. The highest BCUT2D eigenvalue weighted by Crippen LogP contribution is 2.31. The molecule has 1 aromatic carbocycles. The van der Waals surface area contributed by atoms with Crippen LogP contribution in [-0.2, 0) is 0 Å². The Morgan fingerprint density at radius 1 is 1.19 bits per heavy atom. The van der Waals surface area contributed by atoms with E-state index < -0.39 is 0 Å². The van der Waals surface area contributed by atoms with Crippen LogP contribution in [0.2, 0.25) is 0 Å². The number of allylic oxidation sites excluding steroid dienone is 1. The molecule has 3 nitrogen and oxygen atoms in total. The molecule has 4 heteroatoms. The Balaban J connectivity index is 1.96. The Morgan fingerprint density at radius 2 is 1.95 bits per heavy atom. The number of hydrogen-bond donors (Lipinski definition) is 0. The minimum atomic E-state index is -0.0543. The van der Waals surface area contributed by atoms with Gasteiger partial charge in [-0.3, -0.25) is 9.78 Å². The van der Waals surface area contributed by atoms with Gasteiger partial charge in [-0.05, 0) is 47.3 Å². The van der Waals surface area contributed by atoms with Gasteiger partial charge in [0, 0.05) is 22.7 Å². The molecule has 0 saturated heterocycles. The van der Waals surface area contributed by atoms with Gasteiger partial charge in [-0.2, -0.15) is 0 Å². The van der Waals surface area contributed by atoms with Gasteiger partial charge in [0.1, 0.15) is 5.75 Å². The Kier molecular flexibility index (Phi) is 3.54. The summed E-state index contributed by atoms with van der Waals surface area (Å²) in [7, 11) is 1.63. The molecule has 0 saturated carbocycles. The van der Waals surface area contributed by atoms with Crippen LogP contribution in [-0.4, -0.2) is 17.9 Å². The Hall–Kier alpha value is -2.46. The number of benzene rings is 1. The molecule has 0 radical (unpaired) electrons. The fraction of sp³-hybridized carbons (Fsp3) is 0.0588. The first-order valence-corrected chi connectivity index (χ1v) is 7.22. The largest absolute Gasteiger partial charge is 0.497 e. The van der Waals surface area contributed by atoms with Gasteiger partial charge in [-0.15, -0.1) is 11.3 Å². The molecule has 0 unspecified atom stereocenters. The predicted molar refractivity (Wildman–Crippen MR) is 86.0 cm³/mol. The van der Waals surface area contributed by atoms with Crippen molar-refractivity contribution in [3.8, 4) is 5.75 Å². The topological polar surface area (TPSA) is 39.2 Å². The van der Waals surface area contributed by atoms with E-state index in [0.717, 1.165) is 21.4 Å². The molecule has 0 amide bonds. The van der Waals surface area contributed by atoms with Crippen molar-refractivity contribution < 1.29 is 9.53 Å². The van der Waals surface area contributed by atoms with E-state index in [1.165, 1.54) is 11.3 Å². The lowest BCUT2D eigenvalue weighted by Gasteiger charge is -2.02. The van der Waals surface area contributed by atoms with Crippen LogP contribution in [0.15, 0.2) is 55.4 Å². The zero-order valence-electron chi connectivity index (χ0n) is 11.5. The number of ketones is 1. The first-order valence-electron chi connectivity index (χ1n) is 6.40. The highest BCUT2D eigenvalue weighted by Gasteiger charge is 2.15. The lowest BCUT2D eigenvalue weighted by Crippen LogP contribution is -1.98. The highest BCUT2D eigenvalue weighted by molar-refractivity contribution is 7.21. The van der Waals surface area contributed by atoms with Gasteiger partial charge >= 0.3 is 0 Å². The Morgan fingerprint density at radius 3 is 2.67 bits per heavy atom. The van der Waals surface area contributed by atoms with Crippen molar-refractivity contribution in [1.82, 2.24) is 4.98 Å². The molecule has 104 valence electrons. The number of rotatable bonds is 4. The van der Waals surface area contributed by atoms with Gasteiger partial charge in [0.05, 0.1) is 12.0 Å². The second-order valence-electron chi connectivity index (χ2n) is 4.56. The molecule has 0 N–H and O–H groups in total. The van der Waals surface area contributed by atoms with Gasteiger partial charge in [0.25, 0.3) is 0 Å². The summed E-state index contributed by atoms with van der Waals surface area (Å²) >= 11 is 1.45. The van der Waals surface area contributed by atoms with E-state index in [0.29, 0.717) is 10.5 Å². The zero-order valence-corrected chi connectivity index (χ0v) is 12.3. The molecule has 0 aliphatic rings. The van der Waals surface area contributed by atoms with Crippen molar-refractivity contribution in [2.45, 2.75) is 0 Å². The lowest BCUT2D eigenvalue weighted by atomic mass is 10.0. The molecule has 0 aliphatic heterocycles. The molecule has 3 aromatic rings. The van der Waals surface area contributed by atoms with Crippen LogP contribution in [0.3, 0.4) is 0 Å². The molecule has 2 heterocycles. The summed E-state index contributed by atoms with van der Waals surface area (Å²) in [6, 6.07) is 11.3. The number of fused-ring (bicyclic) bond motifs is 1. The summed E-state index contributed by atoms with van der Waals surface area (Å²) < 4.78 is 6.23. The van der Waals surface area contributed by atoms with Gasteiger partial charge in [0.15, 0.2) is 0 Å². The summed E-state index contributed by atoms with van der Waals surface area (Å²) in [6.45, 7) is 3.91. The number of nitrogens with zero attached hydrogens (tertiary/aromatic N) is 1. The maximum atomic E-state index is 12.5. The quantitative estimate of drug-likeness (QED) is 0.535. The SMILES string of the molecule is C=C(C(=O)c1cc2ccc(OC)cc2s1)c1ccncc1. The van der Waals surface area contributed by atoms with E-state index in [1.807, 2.05) is 24.3 Å². The van der Waals surface area contributed by atoms with Crippen molar-refractivity contribution in [3.05, 3.63) is 65.8 Å². The van der Waals surface area contributed by atoms with Crippen molar-refractivity contribution in [3.63, 3.8) is 0 Å². The molecular formula is C17H13NO2S. The minimum Gasteiger partial charge on any atom is -0.497 e. The fourth-order valence-corrected chi connectivity index (χ4v) is 3.14. The average Bonchev–Trinajstić information content (AvgIpc) is 2.97. The van der Waals surface area contributed by atoms with Gasteiger partial charge in [-0.25, -0.2) is 0 Å². The standard InChI is InChI=1S/C17H13NO2S/c1-11(12-5-7-18-8-6-12)17(19)16-9-13-3-4-14(20-2)10-15(13)21-16/h3-10H,1H2,2H3. The van der Waals surface area contributed by atoms with Crippen LogP contribution in [0.1, 0.15) is 15.2 Å². The van der Waals surface area contributed by atoms with Crippen LogP contribution >= 0.6 is 11.3 Å². The smallest absolute Gasteiger partial charge is 0.202 e. The van der Waals surface area contributed by atoms with E-state index in [1.54, 1.807) is 31.6 Å². The first kappa shape index (κ1) is 13.5. The maximum absolute atomic E-state index is 12.5. The number of carbonyl (C=O) groups excluding carboxylic acids is 1. The molecule has 3 rings (SSSR count). The molecule has 0 spiro atoms. The minimum absolute atomic E-state index is 0.0543. The number of carbonyl (C=O) groups is 1. The zero-order chi connectivity index (χ0) is 14.8. The summed E-state index contributed by atoms with van der Waals surface area (Å²) in [5.74, 6) is 0.734. The van der Waals surface area contributed by atoms with Crippen LogP contribution in [0, 0.1) is 0 Å². The van der Waals surface area contributed by atoms with Crippen molar-refractivity contribution in [2.75, 3.05) is 7.11 Å². The number of pyridine rings is 1. The number of hydrogen-bond acceptors (Lipinski definition) is 4. The lowest BCUT2D eigenvalue weighted by molar-refractivity contribution is 0.106. The van der Waals surface area contributed by atoms with Crippen molar-refractivity contribution >= 4 is 32.8 Å². The monoisotopic (exact) mass is 295 g/mol. The summed E-state index contributed by atoms with van der Waals surface area (Å²) in [5.41, 5.74) is 1.28. The third kappa shape index (κ3) is 2.58. The number of thiophene rings is 1. The summed E-state index contributed by atoms with van der Waals surface area (Å²) in [5, 5.41) is 1.03. The van der Waals surface area contributed by atoms with E-state index in [4.69, 9.17) is 4.74 Å². The van der Waals surface area contributed by atoms with E-state index in [9.17, 15) is 4.79 Å². The van der Waals surface area contributed by atoms with E-state index >= 15 is 0 Å². The number of aromatic nitrogens is 1. The number of methoxy groups -OCH3 is 1. The van der Waals surface area contributed by atoms with Crippen LogP contribution in [0.25, 0.3) is 15.7 Å². The molecular weight excluding hydrogens is 282 g/mol. The third-order valence-corrected chi connectivity index (χ3v) is 4.35. The first-order chi connectivity index (χ1) is 10.2. The van der Waals surface area contributed by atoms with Crippen molar-refractivity contribution in [1.29, 1.82) is 0 Å². The van der Waals surface area contributed by atoms with Gasteiger partial charge < -0.3 is 4.74 Å². The second kappa shape index (κ2) is 5.50. The van der Waals surface area contributed by atoms with Crippen LogP contribution in [0.5, 0.6) is 5.75 Å². The second-order valence-corrected chi connectivity index (χ2v) is 5.64. The fourth-order valence-electron chi connectivity index (χ4n) is 2.08. The predicted octanol–water partition coefficient (Wildman–Crippen LogP) is 4.20. The van der Waals surface area contributed by atoms with Crippen LogP contribution in [0.4, 0.5) is 0 Å². The summed E-state index contributed by atoms with van der Waals surface area (Å²) in [4.78, 5) is 17.2. The Labute approximate surface area is 126 Å². The third-order valence-electron chi connectivity index (χ3n) is 3.25. The number of Topliss-reactive ketones (excluding diaryl/α,β-unsaturated/α-hetero) is 1. The number of ether oxygens (including phenoxy) is 1. The molecule has 0 bridgehead atoms. The normalized spacial score (nSPS) is 10.5. The van der Waals surface area contributed by atoms with Gasteiger partial charge in [0.2, 0.25) is 5.78 Å². The molecule has 2 aromatic heterocycles.